The van der Waals surface area contributed by atoms with Crippen molar-refractivity contribution >= 4 is 29.2 Å². The molecule has 0 aliphatic heterocycles. The van der Waals surface area contributed by atoms with Crippen LogP contribution in [0.1, 0.15) is 19.7 Å². The monoisotopic (exact) mass is 302 g/mol. The highest BCUT2D eigenvalue weighted by atomic mass is 32.2. The van der Waals surface area contributed by atoms with Gasteiger partial charge in [-0.05, 0) is 24.3 Å². The van der Waals surface area contributed by atoms with Gasteiger partial charge in [-0.1, -0.05) is 18.7 Å². The number of carbonyl (C=O) groups is 1. The predicted molar refractivity (Wildman–Crippen MR) is 85.8 cm³/mol. The van der Waals surface area contributed by atoms with E-state index in [1.165, 1.54) is 6.92 Å². The zero-order valence-electron chi connectivity index (χ0n) is 12.3. The van der Waals surface area contributed by atoms with Crippen LogP contribution >= 0.6 is 11.8 Å². The average Bonchev–Trinajstić information content (AvgIpc) is 2.48. The fraction of sp³-hybridized carbons (Fsp3) is 0.267. The van der Waals surface area contributed by atoms with Crippen molar-refractivity contribution in [1.29, 1.82) is 0 Å². The Hall–Kier alpha value is -2.08. The third-order valence-electron chi connectivity index (χ3n) is 2.72. The zero-order chi connectivity index (χ0) is 15.2. The van der Waals surface area contributed by atoms with Gasteiger partial charge < -0.3 is 10.6 Å². The molecule has 1 aromatic carbocycles. The van der Waals surface area contributed by atoms with Crippen LogP contribution in [0.15, 0.2) is 40.3 Å². The molecule has 21 heavy (non-hydrogen) atoms. The average molecular weight is 302 g/mol. The summed E-state index contributed by atoms with van der Waals surface area (Å²) in [4.78, 5) is 20.9. The Kier molecular flexibility index (Phi) is 5.16. The van der Waals surface area contributed by atoms with E-state index in [1.807, 2.05) is 44.3 Å². The molecule has 6 heteroatoms. The summed E-state index contributed by atoms with van der Waals surface area (Å²) in [5.74, 6) is 1.57. The van der Waals surface area contributed by atoms with Gasteiger partial charge in [-0.2, -0.15) is 0 Å². The van der Waals surface area contributed by atoms with E-state index in [1.54, 1.807) is 11.8 Å². The van der Waals surface area contributed by atoms with Crippen LogP contribution in [0.5, 0.6) is 0 Å². The molecule has 0 atom stereocenters. The molecule has 2 aromatic rings. The Bertz CT molecular complexity index is 606. The first-order chi connectivity index (χ1) is 10.1. The third-order valence-corrected chi connectivity index (χ3v) is 3.64. The topological polar surface area (TPSA) is 66.9 Å². The van der Waals surface area contributed by atoms with Crippen molar-refractivity contribution in [3.63, 3.8) is 0 Å². The number of carbonyl (C=O) groups excluding carboxylic acids is 1. The van der Waals surface area contributed by atoms with Gasteiger partial charge in [-0.25, -0.2) is 9.97 Å². The minimum Gasteiger partial charge on any atom is -0.373 e. The molecule has 0 unspecified atom stereocenters. The number of benzene rings is 1. The van der Waals surface area contributed by atoms with Crippen LogP contribution < -0.4 is 10.6 Å². The number of hydrogen-bond acceptors (Lipinski definition) is 5. The van der Waals surface area contributed by atoms with Gasteiger partial charge in [0, 0.05) is 37.0 Å². The first-order valence-corrected chi connectivity index (χ1v) is 7.53. The van der Waals surface area contributed by atoms with E-state index >= 15 is 0 Å². The minimum atomic E-state index is -0.0718. The Labute approximate surface area is 128 Å². The summed E-state index contributed by atoms with van der Waals surface area (Å²) in [5, 5.41) is 6.70. The number of amides is 1. The maximum atomic E-state index is 11.0. The SMILES string of the molecule is CCc1nc(NC)cc(Sc2ccc(NC(C)=O)cc2)n1. The molecule has 1 heterocycles. The van der Waals surface area contributed by atoms with Gasteiger partial charge in [0.25, 0.3) is 0 Å². The van der Waals surface area contributed by atoms with Gasteiger partial charge in [0.2, 0.25) is 5.91 Å². The second-order valence-electron chi connectivity index (χ2n) is 4.42. The summed E-state index contributed by atoms with van der Waals surface area (Å²) in [6.45, 7) is 3.53. The zero-order valence-corrected chi connectivity index (χ0v) is 13.1. The lowest BCUT2D eigenvalue weighted by Gasteiger charge is -2.07. The van der Waals surface area contributed by atoms with E-state index < -0.39 is 0 Å². The normalized spacial score (nSPS) is 10.2. The molecule has 0 aliphatic rings. The molecule has 0 radical (unpaired) electrons. The van der Waals surface area contributed by atoms with Crippen LogP contribution in [0.2, 0.25) is 0 Å². The van der Waals surface area contributed by atoms with Crippen molar-refractivity contribution in [1.82, 2.24) is 9.97 Å². The van der Waals surface area contributed by atoms with Crippen molar-refractivity contribution in [2.24, 2.45) is 0 Å². The van der Waals surface area contributed by atoms with Crippen LogP contribution in [-0.2, 0) is 11.2 Å². The molecule has 5 nitrogen and oxygen atoms in total. The van der Waals surface area contributed by atoms with Gasteiger partial charge in [-0.3, -0.25) is 4.79 Å². The molecule has 0 saturated carbocycles. The number of nitrogens with zero attached hydrogens (tertiary/aromatic N) is 2. The van der Waals surface area contributed by atoms with Crippen LogP contribution in [-0.4, -0.2) is 22.9 Å². The van der Waals surface area contributed by atoms with Crippen molar-refractivity contribution in [3.05, 3.63) is 36.2 Å². The molecule has 0 saturated heterocycles. The number of nitrogens with one attached hydrogen (secondary N) is 2. The Balaban J connectivity index is 2.15. The summed E-state index contributed by atoms with van der Waals surface area (Å²) < 4.78 is 0. The summed E-state index contributed by atoms with van der Waals surface area (Å²) in [6, 6.07) is 9.60. The molecule has 0 fully saturated rings. The largest absolute Gasteiger partial charge is 0.373 e. The minimum absolute atomic E-state index is 0.0718. The Morgan fingerprint density at radius 1 is 1.24 bits per heavy atom. The van der Waals surface area contributed by atoms with Crippen LogP contribution in [0.4, 0.5) is 11.5 Å². The summed E-state index contributed by atoms with van der Waals surface area (Å²) in [5.41, 5.74) is 0.791. The van der Waals surface area contributed by atoms with Crippen molar-refractivity contribution < 1.29 is 4.79 Å². The van der Waals surface area contributed by atoms with Crippen molar-refractivity contribution in [3.8, 4) is 0 Å². The lowest BCUT2D eigenvalue weighted by Crippen LogP contribution is -2.05. The van der Waals surface area contributed by atoms with Crippen LogP contribution in [0.3, 0.4) is 0 Å². The Morgan fingerprint density at radius 2 is 1.95 bits per heavy atom. The lowest BCUT2D eigenvalue weighted by molar-refractivity contribution is -0.114. The third kappa shape index (κ3) is 4.46. The predicted octanol–water partition coefficient (Wildman–Crippen LogP) is 3.19. The summed E-state index contributed by atoms with van der Waals surface area (Å²) in [7, 11) is 1.85. The van der Waals surface area contributed by atoms with Crippen molar-refractivity contribution in [2.45, 2.75) is 30.2 Å². The van der Waals surface area contributed by atoms with E-state index in [9.17, 15) is 4.79 Å². The highest BCUT2D eigenvalue weighted by Gasteiger charge is 2.05. The van der Waals surface area contributed by atoms with Gasteiger partial charge in [-0.15, -0.1) is 0 Å². The molecule has 0 aliphatic carbocycles. The van der Waals surface area contributed by atoms with Gasteiger partial charge >= 0.3 is 0 Å². The number of aryl methyl sites for hydroxylation is 1. The highest BCUT2D eigenvalue weighted by Crippen LogP contribution is 2.28. The summed E-state index contributed by atoms with van der Waals surface area (Å²) in [6.07, 6.45) is 0.796. The Morgan fingerprint density at radius 3 is 2.52 bits per heavy atom. The molecule has 110 valence electrons. The molecular formula is C15H18N4OS. The number of anilines is 2. The number of rotatable bonds is 5. The molecular weight excluding hydrogens is 284 g/mol. The first kappa shape index (κ1) is 15.3. The quantitative estimate of drug-likeness (QED) is 0.830. The fourth-order valence-electron chi connectivity index (χ4n) is 1.74. The van der Waals surface area contributed by atoms with Crippen molar-refractivity contribution in [2.75, 3.05) is 17.7 Å². The van der Waals surface area contributed by atoms with E-state index in [-0.39, 0.29) is 5.91 Å². The molecule has 1 amide bonds. The maximum absolute atomic E-state index is 11.0. The number of aromatic nitrogens is 2. The van der Waals surface area contributed by atoms with Gasteiger partial charge in [0.15, 0.2) is 0 Å². The summed E-state index contributed by atoms with van der Waals surface area (Å²) >= 11 is 1.57. The molecule has 2 N–H and O–H groups in total. The standard InChI is InChI=1S/C15H18N4OS/c1-4-13-18-14(16-3)9-15(19-13)21-12-7-5-11(6-8-12)17-10(2)20/h5-9H,4H2,1-3H3,(H,17,20)(H,16,18,19). The number of hydrogen-bond donors (Lipinski definition) is 2. The van der Waals surface area contributed by atoms with E-state index in [2.05, 4.69) is 20.6 Å². The fourth-order valence-corrected chi connectivity index (χ4v) is 2.58. The first-order valence-electron chi connectivity index (χ1n) is 6.72. The van der Waals surface area contributed by atoms with E-state index in [0.717, 1.165) is 33.7 Å². The van der Waals surface area contributed by atoms with E-state index in [4.69, 9.17) is 0 Å². The molecule has 2 rings (SSSR count). The second kappa shape index (κ2) is 7.08. The lowest BCUT2D eigenvalue weighted by atomic mass is 10.3. The van der Waals surface area contributed by atoms with Gasteiger partial charge in [0.1, 0.15) is 16.7 Å². The molecule has 0 spiro atoms. The smallest absolute Gasteiger partial charge is 0.221 e. The molecule has 1 aromatic heterocycles. The highest BCUT2D eigenvalue weighted by molar-refractivity contribution is 7.99. The van der Waals surface area contributed by atoms with Gasteiger partial charge in [0.05, 0.1) is 0 Å². The maximum Gasteiger partial charge on any atom is 0.221 e. The van der Waals surface area contributed by atoms with Crippen LogP contribution in [0.25, 0.3) is 0 Å². The van der Waals surface area contributed by atoms with Crippen LogP contribution in [0, 0.1) is 0 Å². The second-order valence-corrected chi connectivity index (χ2v) is 5.51. The molecule has 0 bridgehead atoms. The van der Waals surface area contributed by atoms with E-state index in [0.29, 0.717) is 0 Å².